The molecule has 2 aliphatic heterocycles. The molecule has 0 saturated carbocycles. The van der Waals surface area contributed by atoms with E-state index in [1.807, 2.05) is 13.0 Å². The lowest BCUT2D eigenvalue weighted by molar-refractivity contribution is -0.125. The van der Waals surface area contributed by atoms with Crippen molar-refractivity contribution < 1.29 is 14.3 Å². The molecular weight excluding hydrogens is 292 g/mol. The second-order valence-electron chi connectivity index (χ2n) is 6.38. The van der Waals surface area contributed by atoms with E-state index >= 15 is 0 Å². The van der Waals surface area contributed by atoms with Crippen LogP contribution in [0.4, 0.5) is 0 Å². The van der Waals surface area contributed by atoms with Gasteiger partial charge < -0.3 is 20.1 Å². The minimum absolute atomic E-state index is 0.123. The molecule has 3 rings (SSSR count). The number of benzene rings is 1. The average molecular weight is 318 g/mol. The number of ether oxygens (including phenoxy) is 2. The van der Waals surface area contributed by atoms with Crippen molar-refractivity contribution in [3.8, 4) is 11.5 Å². The fraction of sp³-hybridized carbons (Fsp3) is 0.611. The molecule has 2 N–H and O–H groups in total. The highest BCUT2D eigenvalue weighted by molar-refractivity contribution is 5.78. The fourth-order valence-electron chi connectivity index (χ4n) is 3.32. The Morgan fingerprint density at radius 1 is 1.39 bits per heavy atom. The SMILES string of the molecule is CCOc1cc2c(cc1CNC(=O)C1CCNCC1)OC(C)C2. The first-order valence-electron chi connectivity index (χ1n) is 8.61. The molecule has 0 aromatic heterocycles. The van der Waals surface area contributed by atoms with E-state index in [1.54, 1.807) is 0 Å². The first kappa shape index (κ1) is 16.1. The van der Waals surface area contributed by atoms with Gasteiger partial charge in [-0.3, -0.25) is 4.79 Å². The van der Waals surface area contributed by atoms with E-state index in [2.05, 4.69) is 23.6 Å². The lowest BCUT2D eigenvalue weighted by Crippen LogP contribution is -2.37. The van der Waals surface area contributed by atoms with E-state index in [0.717, 1.165) is 49.4 Å². The van der Waals surface area contributed by atoms with Crippen LogP contribution in [0.1, 0.15) is 37.8 Å². The Balaban J connectivity index is 1.68. The molecular formula is C18H26N2O3. The van der Waals surface area contributed by atoms with Crippen LogP contribution in [-0.4, -0.2) is 31.7 Å². The summed E-state index contributed by atoms with van der Waals surface area (Å²) in [6, 6.07) is 4.08. The minimum atomic E-state index is 0.123. The van der Waals surface area contributed by atoms with E-state index in [4.69, 9.17) is 9.47 Å². The van der Waals surface area contributed by atoms with Crippen LogP contribution in [0.2, 0.25) is 0 Å². The van der Waals surface area contributed by atoms with Gasteiger partial charge in [0.25, 0.3) is 0 Å². The van der Waals surface area contributed by atoms with Crippen LogP contribution >= 0.6 is 0 Å². The van der Waals surface area contributed by atoms with Crippen LogP contribution in [0.25, 0.3) is 0 Å². The number of rotatable bonds is 5. The zero-order chi connectivity index (χ0) is 16.2. The van der Waals surface area contributed by atoms with E-state index in [0.29, 0.717) is 13.2 Å². The predicted molar refractivity (Wildman–Crippen MR) is 88.8 cm³/mol. The number of piperidine rings is 1. The maximum Gasteiger partial charge on any atom is 0.223 e. The molecule has 0 aliphatic carbocycles. The zero-order valence-electron chi connectivity index (χ0n) is 14.0. The molecule has 1 fully saturated rings. The van der Waals surface area contributed by atoms with Gasteiger partial charge in [-0.25, -0.2) is 0 Å². The summed E-state index contributed by atoms with van der Waals surface area (Å²) in [6.45, 7) is 7.00. The highest BCUT2D eigenvalue weighted by atomic mass is 16.5. The third kappa shape index (κ3) is 3.78. The Kier molecular flexibility index (Phi) is 5.06. The molecule has 1 atom stereocenters. The van der Waals surface area contributed by atoms with Crippen LogP contribution in [0, 0.1) is 5.92 Å². The first-order valence-corrected chi connectivity index (χ1v) is 8.61. The van der Waals surface area contributed by atoms with Crippen LogP contribution in [-0.2, 0) is 17.8 Å². The van der Waals surface area contributed by atoms with E-state index in [1.165, 1.54) is 5.56 Å². The third-order valence-corrected chi connectivity index (χ3v) is 4.54. The Bertz CT molecular complexity index is 568. The van der Waals surface area contributed by atoms with Crippen molar-refractivity contribution in [1.29, 1.82) is 0 Å². The van der Waals surface area contributed by atoms with Crippen LogP contribution in [0.3, 0.4) is 0 Å². The first-order chi connectivity index (χ1) is 11.2. The number of carbonyl (C=O) groups excluding carboxylic acids is 1. The van der Waals surface area contributed by atoms with Gasteiger partial charge in [-0.15, -0.1) is 0 Å². The summed E-state index contributed by atoms with van der Waals surface area (Å²) in [6.07, 6.45) is 2.94. The molecule has 0 spiro atoms. The van der Waals surface area contributed by atoms with E-state index in [-0.39, 0.29) is 17.9 Å². The van der Waals surface area contributed by atoms with Crippen molar-refractivity contribution in [1.82, 2.24) is 10.6 Å². The van der Waals surface area contributed by atoms with Crippen LogP contribution < -0.4 is 20.1 Å². The molecule has 1 aromatic rings. The number of hydrogen-bond donors (Lipinski definition) is 2. The molecule has 0 bridgehead atoms. The Morgan fingerprint density at radius 3 is 2.91 bits per heavy atom. The fourth-order valence-corrected chi connectivity index (χ4v) is 3.32. The molecule has 126 valence electrons. The maximum atomic E-state index is 12.3. The number of carbonyl (C=O) groups is 1. The van der Waals surface area contributed by atoms with Gasteiger partial charge in [-0.05, 0) is 51.9 Å². The van der Waals surface area contributed by atoms with Crippen LogP contribution in [0.15, 0.2) is 12.1 Å². The summed E-state index contributed by atoms with van der Waals surface area (Å²) in [4.78, 5) is 12.3. The molecule has 2 heterocycles. The molecule has 5 nitrogen and oxygen atoms in total. The summed E-state index contributed by atoms with van der Waals surface area (Å²) in [5.41, 5.74) is 2.18. The number of hydrogen-bond acceptors (Lipinski definition) is 4. The highest BCUT2D eigenvalue weighted by Gasteiger charge is 2.23. The van der Waals surface area contributed by atoms with Crippen molar-refractivity contribution in [3.63, 3.8) is 0 Å². The molecule has 5 heteroatoms. The van der Waals surface area contributed by atoms with Crippen LogP contribution in [0.5, 0.6) is 11.5 Å². The minimum Gasteiger partial charge on any atom is -0.494 e. The van der Waals surface area contributed by atoms with Gasteiger partial charge in [-0.1, -0.05) is 0 Å². The Labute approximate surface area is 137 Å². The normalized spacial score (nSPS) is 20.7. The second-order valence-corrected chi connectivity index (χ2v) is 6.38. The molecule has 1 aromatic carbocycles. The Hall–Kier alpha value is -1.75. The lowest BCUT2D eigenvalue weighted by atomic mass is 9.97. The van der Waals surface area contributed by atoms with Crippen molar-refractivity contribution in [2.45, 2.75) is 45.8 Å². The lowest BCUT2D eigenvalue weighted by Gasteiger charge is -2.22. The zero-order valence-corrected chi connectivity index (χ0v) is 14.0. The quantitative estimate of drug-likeness (QED) is 0.872. The van der Waals surface area contributed by atoms with Crippen molar-refractivity contribution >= 4 is 5.91 Å². The van der Waals surface area contributed by atoms with Gasteiger partial charge in [0.15, 0.2) is 0 Å². The van der Waals surface area contributed by atoms with Gasteiger partial charge in [0.2, 0.25) is 5.91 Å². The van der Waals surface area contributed by atoms with E-state index < -0.39 is 0 Å². The molecule has 1 unspecified atom stereocenters. The molecule has 1 saturated heterocycles. The molecule has 0 radical (unpaired) electrons. The van der Waals surface area contributed by atoms with Gasteiger partial charge in [0.1, 0.15) is 17.6 Å². The summed E-state index contributed by atoms with van der Waals surface area (Å²) in [7, 11) is 0. The van der Waals surface area contributed by atoms with E-state index in [9.17, 15) is 4.79 Å². The summed E-state index contributed by atoms with van der Waals surface area (Å²) in [5, 5.41) is 6.35. The number of nitrogens with one attached hydrogen (secondary N) is 2. The van der Waals surface area contributed by atoms with Gasteiger partial charge in [0, 0.05) is 30.0 Å². The van der Waals surface area contributed by atoms with Crippen molar-refractivity contribution in [2.24, 2.45) is 5.92 Å². The number of fused-ring (bicyclic) bond motifs is 1. The third-order valence-electron chi connectivity index (χ3n) is 4.54. The average Bonchev–Trinajstić information content (AvgIpc) is 2.92. The molecule has 2 aliphatic rings. The monoisotopic (exact) mass is 318 g/mol. The standard InChI is InChI=1S/C18H26N2O3/c1-3-22-16-9-14-8-12(2)23-17(14)10-15(16)11-20-18(21)13-4-6-19-7-5-13/h9-10,12-13,19H,3-8,11H2,1-2H3,(H,20,21). The summed E-state index contributed by atoms with van der Waals surface area (Å²) < 4.78 is 11.6. The topological polar surface area (TPSA) is 59.6 Å². The van der Waals surface area contributed by atoms with Crippen molar-refractivity contribution in [3.05, 3.63) is 23.3 Å². The summed E-state index contributed by atoms with van der Waals surface area (Å²) >= 11 is 0. The van der Waals surface area contributed by atoms with Gasteiger partial charge >= 0.3 is 0 Å². The van der Waals surface area contributed by atoms with Gasteiger partial charge in [0.05, 0.1) is 6.61 Å². The Morgan fingerprint density at radius 2 is 2.17 bits per heavy atom. The predicted octanol–water partition coefficient (Wildman–Crippen LogP) is 2.02. The molecule has 1 amide bonds. The maximum absolute atomic E-state index is 12.3. The largest absolute Gasteiger partial charge is 0.494 e. The highest BCUT2D eigenvalue weighted by Crippen LogP contribution is 2.35. The molecule has 23 heavy (non-hydrogen) atoms. The van der Waals surface area contributed by atoms with Gasteiger partial charge in [-0.2, -0.15) is 0 Å². The van der Waals surface area contributed by atoms with Crippen molar-refractivity contribution in [2.75, 3.05) is 19.7 Å². The smallest absolute Gasteiger partial charge is 0.223 e. The summed E-state index contributed by atoms with van der Waals surface area (Å²) in [5.74, 6) is 2.04. The second kappa shape index (κ2) is 7.21. The number of amides is 1.